The summed E-state index contributed by atoms with van der Waals surface area (Å²) >= 11 is 6.08. The zero-order valence-corrected chi connectivity index (χ0v) is 22.6. The summed E-state index contributed by atoms with van der Waals surface area (Å²) in [5.41, 5.74) is 1.39. The largest absolute Gasteiger partial charge is 0.497 e. The Bertz CT molecular complexity index is 1380. The number of hydrogen-bond acceptors (Lipinski definition) is 5. The topological polar surface area (TPSA) is 71.4 Å². The van der Waals surface area contributed by atoms with Crippen LogP contribution < -0.4 is 4.74 Å². The average Bonchev–Trinajstić information content (AvgIpc) is 3.40. The molecule has 1 atom stereocenters. The van der Waals surface area contributed by atoms with Crippen LogP contribution in [0.25, 0.3) is 0 Å². The van der Waals surface area contributed by atoms with E-state index in [1.807, 2.05) is 30.3 Å². The number of amides is 2. The quantitative estimate of drug-likeness (QED) is 0.323. The van der Waals surface area contributed by atoms with Gasteiger partial charge in [0.2, 0.25) is 0 Å². The van der Waals surface area contributed by atoms with E-state index in [4.69, 9.17) is 21.1 Å². The summed E-state index contributed by atoms with van der Waals surface area (Å²) in [7, 11) is 3.01. The van der Waals surface area contributed by atoms with Gasteiger partial charge in [0.05, 0.1) is 31.0 Å². The third-order valence-corrected chi connectivity index (χ3v) is 6.71. The monoisotopic (exact) mass is 573 g/mol. The summed E-state index contributed by atoms with van der Waals surface area (Å²) in [6.07, 6.45) is -4.12. The standard InChI is InChI=1S/C29H27ClF3N3O4/c1-39-15-14-35(28(38)20-6-10-22(11-7-20)29(31,32)33)18-27(37)36-26(19-8-12-23(30)13-9-19)17-25(34-36)21-4-3-5-24(16-21)40-2/h3-13,16,26H,14-15,17-18H2,1-2H3/t26-/m1/s1. The summed E-state index contributed by atoms with van der Waals surface area (Å²) in [5.74, 6) is -0.423. The molecule has 3 aromatic rings. The number of halogens is 4. The van der Waals surface area contributed by atoms with Gasteiger partial charge in [0, 0.05) is 36.2 Å². The van der Waals surface area contributed by atoms with Crippen molar-refractivity contribution in [2.75, 3.05) is 33.9 Å². The summed E-state index contributed by atoms with van der Waals surface area (Å²) in [6.45, 7) is -0.186. The minimum absolute atomic E-state index is 0.0214. The predicted octanol–water partition coefficient (Wildman–Crippen LogP) is 5.83. The van der Waals surface area contributed by atoms with E-state index < -0.39 is 29.6 Å². The van der Waals surface area contributed by atoms with Crippen molar-refractivity contribution >= 4 is 29.1 Å². The molecular formula is C29H27ClF3N3O4. The second-order valence-electron chi connectivity index (χ2n) is 9.08. The van der Waals surface area contributed by atoms with Gasteiger partial charge in [0.1, 0.15) is 12.3 Å². The lowest BCUT2D eigenvalue weighted by Gasteiger charge is -2.27. The zero-order valence-electron chi connectivity index (χ0n) is 21.8. The van der Waals surface area contributed by atoms with E-state index in [0.717, 1.165) is 35.4 Å². The molecule has 0 saturated heterocycles. The van der Waals surface area contributed by atoms with Crippen molar-refractivity contribution in [3.63, 3.8) is 0 Å². The molecule has 0 radical (unpaired) electrons. The molecule has 4 rings (SSSR count). The van der Waals surface area contributed by atoms with Crippen molar-refractivity contribution in [1.82, 2.24) is 9.91 Å². The van der Waals surface area contributed by atoms with Crippen LogP contribution in [0.4, 0.5) is 13.2 Å². The smallest absolute Gasteiger partial charge is 0.416 e. The first kappa shape index (κ1) is 29.1. The number of hydrazone groups is 1. The number of hydrogen-bond donors (Lipinski definition) is 0. The van der Waals surface area contributed by atoms with Crippen molar-refractivity contribution < 1.29 is 32.2 Å². The first-order valence-electron chi connectivity index (χ1n) is 12.4. The molecule has 3 aromatic carbocycles. The van der Waals surface area contributed by atoms with Gasteiger partial charge in [-0.3, -0.25) is 9.59 Å². The minimum Gasteiger partial charge on any atom is -0.497 e. The van der Waals surface area contributed by atoms with Crippen molar-refractivity contribution in [2.45, 2.75) is 18.6 Å². The first-order chi connectivity index (χ1) is 19.1. The second kappa shape index (κ2) is 12.5. The lowest BCUT2D eigenvalue weighted by atomic mass is 9.98. The zero-order chi connectivity index (χ0) is 28.9. The molecule has 1 aliphatic rings. The van der Waals surface area contributed by atoms with E-state index in [-0.39, 0.29) is 25.3 Å². The summed E-state index contributed by atoms with van der Waals surface area (Å²) in [4.78, 5) is 28.2. The number of alkyl halides is 3. The molecule has 40 heavy (non-hydrogen) atoms. The summed E-state index contributed by atoms with van der Waals surface area (Å²) < 4.78 is 49.4. The number of rotatable bonds is 9. The lowest BCUT2D eigenvalue weighted by molar-refractivity contribution is -0.137. The van der Waals surface area contributed by atoms with Crippen molar-refractivity contribution in [3.05, 3.63) is 100 Å². The Balaban J connectivity index is 1.62. The van der Waals surface area contributed by atoms with E-state index in [0.29, 0.717) is 22.9 Å². The predicted molar refractivity (Wildman–Crippen MR) is 144 cm³/mol. The van der Waals surface area contributed by atoms with E-state index in [1.54, 1.807) is 25.3 Å². The molecule has 1 heterocycles. The lowest BCUT2D eigenvalue weighted by Crippen LogP contribution is -2.42. The van der Waals surface area contributed by atoms with E-state index in [2.05, 4.69) is 5.10 Å². The highest BCUT2D eigenvalue weighted by atomic mass is 35.5. The molecule has 11 heteroatoms. The first-order valence-corrected chi connectivity index (χ1v) is 12.7. The van der Waals surface area contributed by atoms with E-state index in [1.165, 1.54) is 17.0 Å². The van der Waals surface area contributed by atoms with Crippen LogP contribution in [-0.2, 0) is 15.7 Å². The van der Waals surface area contributed by atoms with Gasteiger partial charge < -0.3 is 14.4 Å². The molecule has 0 fully saturated rings. The van der Waals surface area contributed by atoms with Crippen LogP contribution in [0.1, 0.15) is 39.5 Å². The highest BCUT2D eigenvalue weighted by Crippen LogP contribution is 2.34. The normalized spacial score (nSPS) is 15.1. The summed E-state index contributed by atoms with van der Waals surface area (Å²) in [6, 6.07) is 17.8. The van der Waals surface area contributed by atoms with Crippen LogP contribution >= 0.6 is 11.6 Å². The van der Waals surface area contributed by atoms with Crippen molar-refractivity contribution in [1.29, 1.82) is 0 Å². The Morgan fingerprint density at radius 3 is 2.38 bits per heavy atom. The Kier molecular flexibility index (Phi) is 9.11. The van der Waals surface area contributed by atoms with Gasteiger partial charge in [0.25, 0.3) is 11.8 Å². The van der Waals surface area contributed by atoms with Gasteiger partial charge in [-0.25, -0.2) is 5.01 Å². The van der Waals surface area contributed by atoms with Crippen LogP contribution in [0.3, 0.4) is 0 Å². The molecule has 0 unspecified atom stereocenters. The highest BCUT2D eigenvalue weighted by molar-refractivity contribution is 6.30. The maximum absolute atomic E-state index is 13.7. The number of benzene rings is 3. The SMILES string of the molecule is COCCN(CC(=O)N1N=C(c2cccc(OC)c2)C[C@@H]1c1ccc(Cl)cc1)C(=O)c1ccc(C(F)(F)F)cc1. The molecule has 0 aromatic heterocycles. The Morgan fingerprint density at radius 1 is 1.05 bits per heavy atom. The van der Waals surface area contributed by atoms with Gasteiger partial charge in [-0.1, -0.05) is 35.9 Å². The molecule has 0 N–H and O–H groups in total. The third-order valence-electron chi connectivity index (χ3n) is 6.46. The molecular weight excluding hydrogens is 547 g/mol. The average molecular weight is 574 g/mol. The van der Waals surface area contributed by atoms with Gasteiger partial charge >= 0.3 is 6.18 Å². The fraction of sp³-hybridized carbons (Fsp3) is 0.276. The maximum atomic E-state index is 13.7. The van der Waals surface area contributed by atoms with E-state index >= 15 is 0 Å². The summed E-state index contributed by atoms with van der Waals surface area (Å²) in [5, 5.41) is 6.52. The van der Waals surface area contributed by atoms with Gasteiger partial charge in [-0.05, 0) is 54.1 Å². The molecule has 1 aliphatic heterocycles. The molecule has 0 bridgehead atoms. The minimum atomic E-state index is -4.53. The molecule has 7 nitrogen and oxygen atoms in total. The van der Waals surface area contributed by atoms with Gasteiger partial charge in [-0.15, -0.1) is 0 Å². The number of methoxy groups -OCH3 is 2. The Hall–Kier alpha value is -3.89. The molecule has 210 valence electrons. The number of carbonyl (C=O) groups excluding carboxylic acids is 2. The second-order valence-corrected chi connectivity index (χ2v) is 9.52. The van der Waals surface area contributed by atoms with Crippen LogP contribution in [0.5, 0.6) is 5.75 Å². The highest BCUT2D eigenvalue weighted by Gasteiger charge is 2.35. The molecule has 0 aliphatic carbocycles. The Morgan fingerprint density at radius 2 is 1.75 bits per heavy atom. The van der Waals surface area contributed by atoms with Crippen LogP contribution in [-0.4, -0.2) is 61.4 Å². The third kappa shape index (κ3) is 6.81. The number of ether oxygens (including phenoxy) is 2. The molecule has 2 amide bonds. The van der Waals surface area contributed by atoms with Crippen LogP contribution in [0.2, 0.25) is 5.02 Å². The van der Waals surface area contributed by atoms with Gasteiger partial charge in [0.15, 0.2) is 0 Å². The fourth-order valence-electron chi connectivity index (χ4n) is 4.34. The van der Waals surface area contributed by atoms with Gasteiger partial charge in [-0.2, -0.15) is 18.3 Å². The van der Waals surface area contributed by atoms with E-state index in [9.17, 15) is 22.8 Å². The van der Waals surface area contributed by atoms with Crippen molar-refractivity contribution in [3.8, 4) is 5.75 Å². The number of nitrogens with zero attached hydrogens (tertiary/aromatic N) is 3. The van der Waals surface area contributed by atoms with Crippen LogP contribution in [0, 0.1) is 0 Å². The van der Waals surface area contributed by atoms with Crippen molar-refractivity contribution in [2.24, 2.45) is 5.10 Å². The fourth-order valence-corrected chi connectivity index (χ4v) is 4.46. The van der Waals surface area contributed by atoms with Crippen LogP contribution in [0.15, 0.2) is 77.9 Å². The molecule has 0 saturated carbocycles. The molecule has 0 spiro atoms. The number of carbonyl (C=O) groups is 2. The maximum Gasteiger partial charge on any atom is 0.416 e. The Labute approximate surface area is 234 Å².